The van der Waals surface area contributed by atoms with Crippen molar-refractivity contribution in [1.82, 2.24) is 16.0 Å². The number of carbonyl (C=O) groups is 7. The van der Waals surface area contributed by atoms with Gasteiger partial charge in [-0.1, -0.05) is 115 Å². The van der Waals surface area contributed by atoms with E-state index in [-0.39, 0.29) is 17.0 Å². The molecule has 0 aliphatic rings. The van der Waals surface area contributed by atoms with Gasteiger partial charge in [0, 0.05) is 34.6 Å². The third-order valence-corrected chi connectivity index (χ3v) is 13.6. The van der Waals surface area contributed by atoms with Gasteiger partial charge in [-0.05, 0) is 128 Å². The van der Waals surface area contributed by atoms with E-state index in [0.29, 0.717) is 16.7 Å². The number of ether oxygens (including phenoxy) is 5. The number of nitrogens with one attached hydrogen (secondary N) is 3. The zero-order valence-corrected chi connectivity index (χ0v) is 52.0. The third-order valence-electron chi connectivity index (χ3n) is 13.2. The fourth-order valence-corrected chi connectivity index (χ4v) is 9.83. The van der Waals surface area contributed by atoms with E-state index in [1.807, 2.05) is 19.1 Å². The molecule has 83 heavy (non-hydrogen) atoms. The van der Waals surface area contributed by atoms with Crippen LogP contribution in [-0.2, 0) is 69.3 Å². The Labute approximate surface area is 495 Å². The largest absolute Gasteiger partial charge is 0.460 e. The second kappa shape index (κ2) is 28.9. The van der Waals surface area contributed by atoms with E-state index in [9.17, 15) is 14.4 Å². The van der Waals surface area contributed by atoms with Crippen LogP contribution in [0.4, 0.5) is 4.39 Å². The first-order chi connectivity index (χ1) is 38.4. The predicted octanol–water partition coefficient (Wildman–Crippen LogP) is 9.77. The molecule has 5 N–H and O–H groups in total. The summed E-state index contributed by atoms with van der Waals surface area (Å²) < 4.78 is 46.7. The molecule has 8 atom stereocenters. The van der Waals surface area contributed by atoms with Crippen molar-refractivity contribution >= 4 is 52.8 Å². The highest BCUT2D eigenvalue weighted by Crippen LogP contribution is 2.44. The van der Waals surface area contributed by atoms with Crippen molar-refractivity contribution in [1.29, 1.82) is 0 Å². The quantitative estimate of drug-likeness (QED) is 0.0322. The standard InChI is InChI=1S/C65H88ClFN4O12/c1-40-30-32-46(33-31-40)65(45-25-18-17-19-26-45,47-27-21-22-28-48(47)66)83-58(77)50(35-54(75)82-63(13,14)15)69-57(76)44(39-79-60(4,5)6)34-51(72)55(41(2)80-61(7,8)9)71-59(78)64(16,36-43-24-20-23-29-49(43)67)37-52(73)56(70-53(74)38-68)42(3)81-62(10,11)12/h17-33,41-42,44,50,55-56H,34-39,68H2,1-16H3,(H,69,76)(H,70,74)(H,71,78)/t41-,42-,44+,50+,55+,56+,64-,65?/m1/s1. The molecule has 0 aliphatic heterocycles. The SMILES string of the molecule is Cc1ccc(C(OC(=O)[C@H](CC(=O)OC(C)(C)C)NC(=O)[C@H](COC(C)(C)C)CC(=O)[C@@H](NC(=O)[C@@](C)(CC(=O)[C@@H](NC(=O)CN)[C@@H](C)OC(C)(C)C)Cc2ccccc2F)[C@@H](C)OC(C)(C)C)(c2ccccc2)c2ccccc2Cl)cc1. The number of carbonyl (C=O) groups excluding carboxylic acids is 7. The van der Waals surface area contributed by atoms with Gasteiger partial charge in [-0.2, -0.15) is 0 Å². The maximum atomic E-state index is 15.6. The van der Waals surface area contributed by atoms with Gasteiger partial charge in [0.2, 0.25) is 17.7 Å². The number of aryl methyl sites for hydroxylation is 1. The summed E-state index contributed by atoms with van der Waals surface area (Å²) in [5.41, 5.74) is 0.917. The highest BCUT2D eigenvalue weighted by molar-refractivity contribution is 6.31. The molecular formula is C65H88ClFN4O12. The lowest BCUT2D eigenvalue weighted by Gasteiger charge is -2.37. The number of hydrogen-bond donors (Lipinski definition) is 4. The van der Waals surface area contributed by atoms with Crippen LogP contribution < -0.4 is 21.7 Å². The molecule has 0 bridgehead atoms. The molecule has 3 amide bonds. The van der Waals surface area contributed by atoms with Crippen LogP contribution in [0.15, 0.2) is 103 Å². The Morgan fingerprint density at radius 1 is 0.602 bits per heavy atom. The molecule has 0 saturated heterocycles. The third kappa shape index (κ3) is 21.0. The number of halogens is 2. The number of nitrogens with two attached hydrogens (primary N) is 1. The molecule has 0 saturated carbocycles. The van der Waals surface area contributed by atoms with Gasteiger partial charge in [-0.15, -0.1) is 0 Å². The van der Waals surface area contributed by atoms with Gasteiger partial charge in [0.05, 0.1) is 59.9 Å². The number of Topliss-reactive ketones (excluding diaryl/α,β-unsaturated/α-hetero) is 2. The highest BCUT2D eigenvalue weighted by atomic mass is 35.5. The Bertz CT molecular complexity index is 2880. The lowest BCUT2D eigenvalue weighted by molar-refractivity contribution is -0.165. The first kappa shape index (κ1) is 69.1. The zero-order valence-electron chi connectivity index (χ0n) is 51.3. The molecule has 0 spiro atoms. The van der Waals surface area contributed by atoms with E-state index in [2.05, 4.69) is 16.0 Å². The molecule has 16 nitrogen and oxygen atoms in total. The van der Waals surface area contributed by atoms with Crippen LogP contribution in [-0.4, -0.2) is 107 Å². The van der Waals surface area contributed by atoms with E-state index < -0.39 is 149 Å². The number of amides is 3. The monoisotopic (exact) mass is 1170 g/mol. The first-order valence-corrected chi connectivity index (χ1v) is 28.5. The molecule has 1 unspecified atom stereocenters. The summed E-state index contributed by atoms with van der Waals surface area (Å²) >= 11 is 7.01. The molecule has 18 heteroatoms. The summed E-state index contributed by atoms with van der Waals surface area (Å²) in [6.45, 7) is 26.4. The Morgan fingerprint density at radius 3 is 1.66 bits per heavy atom. The summed E-state index contributed by atoms with van der Waals surface area (Å²) in [6, 6.07) is 24.2. The van der Waals surface area contributed by atoms with Crippen LogP contribution in [0, 0.1) is 24.1 Å². The van der Waals surface area contributed by atoms with Crippen LogP contribution >= 0.6 is 11.6 Å². The van der Waals surface area contributed by atoms with E-state index in [4.69, 9.17) is 41.0 Å². The van der Waals surface area contributed by atoms with Crippen molar-refractivity contribution in [3.05, 3.63) is 142 Å². The van der Waals surface area contributed by atoms with Crippen LogP contribution in [0.1, 0.15) is 151 Å². The van der Waals surface area contributed by atoms with E-state index >= 15 is 23.6 Å². The minimum atomic E-state index is -1.81. The fraction of sp³-hybridized carbons (Fsp3) is 0.523. The van der Waals surface area contributed by atoms with Gasteiger partial charge in [0.1, 0.15) is 29.5 Å². The second-order valence-corrected chi connectivity index (χ2v) is 25.9. The van der Waals surface area contributed by atoms with Gasteiger partial charge < -0.3 is 45.4 Å². The maximum Gasteiger partial charge on any atom is 0.330 e. The van der Waals surface area contributed by atoms with Crippen LogP contribution in [0.25, 0.3) is 0 Å². The van der Waals surface area contributed by atoms with E-state index in [1.54, 1.807) is 170 Å². The second-order valence-electron chi connectivity index (χ2n) is 25.5. The summed E-state index contributed by atoms with van der Waals surface area (Å²) in [6.07, 6.45) is -4.29. The smallest absolute Gasteiger partial charge is 0.330 e. The van der Waals surface area contributed by atoms with E-state index in [1.165, 1.54) is 25.1 Å². The maximum absolute atomic E-state index is 15.6. The van der Waals surface area contributed by atoms with Gasteiger partial charge in [0.25, 0.3) is 0 Å². The summed E-state index contributed by atoms with van der Waals surface area (Å²) in [7, 11) is 0. The Morgan fingerprint density at radius 2 is 1.13 bits per heavy atom. The summed E-state index contributed by atoms with van der Waals surface area (Å²) in [5.74, 6) is -7.73. The normalized spacial score (nSPS) is 15.8. The van der Waals surface area contributed by atoms with Crippen molar-refractivity contribution < 1.29 is 61.6 Å². The lowest BCUT2D eigenvalue weighted by atomic mass is 9.76. The molecule has 4 rings (SSSR count). The summed E-state index contributed by atoms with van der Waals surface area (Å²) in [5, 5.41) is 8.46. The number of rotatable bonds is 27. The Balaban J connectivity index is 1.86. The minimum Gasteiger partial charge on any atom is -0.460 e. The van der Waals surface area contributed by atoms with E-state index in [0.717, 1.165) is 5.56 Å². The molecule has 454 valence electrons. The Hall–Kier alpha value is -6.37. The van der Waals surface area contributed by atoms with Crippen molar-refractivity contribution in [2.24, 2.45) is 17.1 Å². The molecule has 0 aromatic heterocycles. The molecule has 0 radical (unpaired) electrons. The number of ketones is 2. The van der Waals surface area contributed by atoms with Crippen molar-refractivity contribution in [2.75, 3.05) is 13.2 Å². The van der Waals surface area contributed by atoms with Crippen LogP contribution in [0.5, 0.6) is 0 Å². The van der Waals surface area contributed by atoms with Gasteiger partial charge in [-0.3, -0.25) is 28.8 Å². The Kier molecular flexibility index (Phi) is 24.1. The van der Waals surface area contributed by atoms with Gasteiger partial charge in [0.15, 0.2) is 17.2 Å². The molecule has 0 heterocycles. The van der Waals surface area contributed by atoms with Crippen molar-refractivity contribution in [2.45, 2.75) is 195 Å². The average Bonchev–Trinajstić information content (AvgIpc) is 3.58. The fourth-order valence-electron chi connectivity index (χ4n) is 9.56. The molecule has 0 fully saturated rings. The highest BCUT2D eigenvalue weighted by Gasteiger charge is 2.47. The molecule has 0 aliphatic carbocycles. The topological polar surface area (TPSA) is 228 Å². The minimum absolute atomic E-state index is 0.0867. The van der Waals surface area contributed by atoms with Gasteiger partial charge >= 0.3 is 11.9 Å². The number of esters is 2. The average molecular weight is 1170 g/mol. The summed E-state index contributed by atoms with van der Waals surface area (Å²) in [4.78, 5) is 102. The van der Waals surface area contributed by atoms with Crippen LogP contribution in [0.2, 0.25) is 5.02 Å². The zero-order chi connectivity index (χ0) is 62.5. The van der Waals surface area contributed by atoms with Crippen molar-refractivity contribution in [3.8, 4) is 0 Å². The number of benzene rings is 4. The first-order valence-electron chi connectivity index (χ1n) is 28.1. The molecule has 4 aromatic carbocycles. The molecular weight excluding hydrogens is 1080 g/mol. The van der Waals surface area contributed by atoms with Crippen molar-refractivity contribution in [3.63, 3.8) is 0 Å². The lowest BCUT2D eigenvalue weighted by Crippen LogP contribution is -2.57. The van der Waals surface area contributed by atoms with Crippen LogP contribution in [0.3, 0.4) is 0 Å². The number of hydrogen-bond acceptors (Lipinski definition) is 13. The predicted molar refractivity (Wildman–Crippen MR) is 318 cm³/mol. The molecule has 4 aromatic rings. The van der Waals surface area contributed by atoms with Gasteiger partial charge in [-0.25, -0.2) is 9.18 Å².